The Balaban J connectivity index is -0.00000000785. The van der Waals surface area contributed by atoms with E-state index in [-0.39, 0.29) is 93.0 Å². The van der Waals surface area contributed by atoms with Crippen molar-refractivity contribution < 1.29 is 119 Å². The van der Waals surface area contributed by atoms with E-state index in [1.54, 1.807) is 0 Å². The molecule has 0 heterocycles. The summed E-state index contributed by atoms with van der Waals surface area (Å²) in [5.74, 6) is 0. The van der Waals surface area contributed by atoms with Crippen LogP contribution in [-0.2, 0) is 20.2 Å². The van der Waals surface area contributed by atoms with E-state index < -0.39 is 24.7 Å². The number of hydrogen-bond acceptors (Lipinski definition) is 5. The van der Waals surface area contributed by atoms with Crippen LogP contribution in [0.4, 0.5) is 0 Å². The predicted octanol–water partition coefficient (Wildman–Crippen LogP) is -11.0. The van der Waals surface area contributed by atoms with Crippen molar-refractivity contribution in [2.45, 2.75) is 0 Å². The van der Waals surface area contributed by atoms with Crippen LogP contribution in [0.5, 0.6) is 0 Å². The summed E-state index contributed by atoms with van der Waals surface area (Å²) in [7, 11) is -3.83. The van der Waals surface area contributed by atoms with E-state index in [2.05, 4.69) is 11.2 Å². The van der Waals surface area contributed by atoms with Gasteiger partial charge in [-0.3, -0.25) is 9.11 Å². The minimum Gasteiger partial charge on any atom is -1.00 e. The van der Waals surface area contributed by atoms with Crippen LogP contribution in [0.2, 0.25) is 0 Å². The van der Waals surface area contributed by atoms with Crippen LogP contribution in [0.3, 0.4) is 0 Å². The Kier molecular flexibility index (Phi) is 42.3. The summed E-state index contributed by atoms with van der Waals surface area (Å²) in [6, 6.07) is 0. The first kappa shape index (κ1) is 29.6. The van der Waals surface area contributed by atoms with Crippen molar-refractivity contribution in [1.82, 2.24) is 0 Å². The Morgan fingerprint density at radius 1 is 1.08 bits per heavy atom. The molecule has 0 bridgehead atoms. The molecule has 0 aromatic rings. The number of hydrogen-bond donors (Lipinski definition) is 5. The Bertz CT molecular complexity index is 143. The van der Waals surface area contributed by atoms with Gasteiger partial charge in [0, 0.05) is 11.2 Å². The van der Waals surface area contributed by atoms with Gasteiger partial charge in [0.1, 0.15) is 0 Å². The molecule has 0 rings (SSSR count). The Morgan fingerprint density at radius 3 is 1.08 bits per heavy atom. The minimum absolute atomic E-state index is 0. The molecule has 0 aliphatic carbocycles. The smallest absolute Gasteiger partial charge is 1.00 e. The maximum Gasteiger partial charge on any atom is 1.00 e. The fourth-order valence-corrected chi connectivity index (χ4v) is 0. The molecule has 0 unspecified atom stereocenters. The molecule has 0 aliphatic rings. The third-order valence-corrected chi connectivity index (χ3v) is 0. The molecule has 6 nitrogen and oxygen atoms in total. The van der Waals surface area contributed by atoms with E-state index in [0.29, 0.717) is 0 Å². The molecular formula is H8AsNa3O6S2. The largest absolute Gasteiger partial charge is 1.00 e. The molecule has 0 spiro atoms. The van der Waals surface area contributed by atoms with Gasteiger partial charge in [-0.15, -0.1) is 0 Å². The molecule has 0 aromatic carbocycles. The molecule has 0 fully saturated rings. The molecule has 0 aromatic heterocycles. The molecular weight excluding hydrogens is 304 g/mol. The van der Waals surface area contributed by atoms with E-state index in [1.165, 1.54) is 0 Å². The van der Waals surface area contributed by atoms with Gasteiger partial charge in [-0.1, -0.05) is 0 Å². The van der Waals surface area contributed by atoms with Crippen molar-refractivity contribution in [3.63, 3.8) is 0 Å². The molecule has 0 aliphatic heterocycles. The Labute approximate surface area is 151 Å². The first-order chi connectivity index (χ1) is 3.73. The SMILES string of the molecule is O=S(O)(O)=S.O[As](O)O.[H-].[H-].[H-].[Na+].[Na+].[Na+]. The first-order valence-electron chi connectivity index (χ1n) is 1.30. The maximum atomic E-state index is 9.11. The van der Waals surface area contributed by atoms with E-state index >= 15 is 0 Å². The maximum absolute atomic E-state index is 9.11. The summed E-state index contributed by atoms with van der Waals surface area (Å²) in [5, 5.41) is 0. The van der Waals surface area contributed by atoms with E-state index in [0.717, 1.165) is 0 Å². The normalized spacial score (nSPS) is 7.83. The van der Waals surface area contributed by atoms with Crippen molar-refractivity contribution in [1.29, 1.82) is 0 Å². The van der Waals surface area contributed by atoms with Crippen LogP contribution < -0.4 is 88.7 Å². The first-order valence-corrected chi connectivity index (χ1v) is 6.21. The molecule has 12 heteroatoms. The zero-order chi connectivity index (χ0) is 8.08. The van der Waals surface area contributed by atoms with Gasteiger partial charge in [0.25, 0.3) is 9.05 Å². The molecule has 12 heavy (non-hydrogen) atoms. The number of rotatable bonds is 0. The zero-order valence-electron chi connectivity index (χ0n) is 9.91. The van der Waals surface area contributed by atoms with E-state index in [1.807, 2.05) is 0 Å². The standard InChI is InChI=1S/AsH3O3.3Na.H2O3S2.3H/c2-1(3)4;;;;1-5(2,3)4;;;/h2-4H;;;;(H2,1,2,3,4);;;/q;3*+1;;3*-1. The van der Waals surface area contributed by atoms with Gasteiger partial charge >= 0.3 is 117 Å². The van der Waals surface area contributed by atoms with Gasteiger partial charge in [-0.05, 0) is 0 Å². The average molecular weight is 312 g/mol. The van der Waals surface area contributed by atoms with Crippen LogP contribution in [0, 0.1) is 0 Å². The van der Waals surface area contributed by atoms with Gasteiger partial charge in [-0.2, -0.15) is 4.21 Å². The van der Waals surface area contributed by atoms with Gasteiger partial charge in [-0.25, -0.2) is 0 Å². The van der Waals surface area contributed by atoms with Crippen molar-refractivity contribution in [2.75, 3.05) is 0 Å². The van der Waals surface area contributed by atoms with Crippen LogP contribution in [0.15, 0.2) is 0 Å². The van der Waals surface area contributed by atoms with Crippen LogP contribution in [0.25, 0.3) is 0 Å². The van der Waals surface area contributed by atoms with Crippen molar-refractivity contribution in [2.24, 2.45) is 0 Å². The van der Waals surface area contributed by atoms with Gasteiger partial charge in [0.2, 0.25) is 0 Å². The minimum atomic E-state index is -3.83. The summed E-state index contributed by atoms with van der Waals surface area (Å²) >= 11 is 0.278. The molecule has 0 atom stereocenters. The fourth-order valence-electron chi connectivity index (χ4n) is 0. The molecule has 64 valence electrons. The quantitative estimate of drug-likeness (QED) is 0.282. The second kappa shape index (κ2) is 17.1. The van der Waals surface area contributed by atoms with Gasteiger partial charge < -0.3 is 4.28 Å². The summed E-state index contributed by atoms with van der Waals surface area (Å²) in [4.78, 5) is 0. The summed E-state index contributed by atoms with van der Waals surface area (Å²) in [5.41, 5.74) is 0. The third-order valence-electron chi connectivity index (χ3n) is 0. The van der Waals surface area contributed by atoms with Crippen LogP contribution >= 0.6 is 0 Å². The summed E-state index contributed by atoms with van der Waals surface area (Å²) < 4.78 is 45.9. The van der Waals surface area contributed by atoms with Crippen molar-refractivity contribution in [3.8, 4) is 0 Å². The predicted molar refractivity (Wildman–Crippen MR) is 36.5 cm³/mol. The fraction of sp³-hybridized carbons (Fsp3) is 0. The van der Waals surface area contributed by atoms with E-state index in [9.17, 15) is 0 Å². The van der Waals surface area contributed by atoms with Crippen LogP contribution in [0.1, 0.15) is 4.28 Å². The third kappa shape index (κ3) is 160. The molecule has 0 radical (unpaired) electrons. The molecule has 0 amide bonds. The average Bonchev–Trinajstić information content (AvgIpc) is 1.19. The van der Waals surface area contributed by atoms with E-state index in [4.69, 9.17) is 25.6 Å². The molecule has 5 N–H and O–H groups in total. The van der Waals surface area contributed by atoms with Crippen molar-refractivity contribution in [3.05, 3.63) is 0 Å². The van der Waals surface area contributed by atoms with Gasteiger partial charge in [0.05, 0.1) is 0 Å². The molecule has 0 saturated heterocycles. The Hall–Kier alpha value is 3.73. The van der Waals surface area contributed by atoms with Crippen molar-refractivity contribution >= 4 is 35.9 Å². The second-order valence-corrected chi connectivity index (χ2v) is 4.04. The monoisotopic (exact) mass is 312 g/mol. The summed E-state index contributed by atoms with van der Waals surface area (Å²) in [6.07, 6.45) is 0. The Morgan fingerprint density at radius 2 is 1.08 bits per heavy atom. The topological polar surface area (TPSA) is 118 Å². The zero-order valence-corrected chi connectivity index (χ0v) is 16.4. The second-order valence-electron chi connectivity index (χ2n) is 0.716. The van der Waals surface area contributed by atoms with Crippen LogP contribution in [-0.4, -0.2) is 41.3 Å². The van der Waals surface area contributed by atoms with Gasteiger partial charge in [0.15, 0.2) is 0 Å². The molecule has 0 saturated carbocycles. The summed E-state index contributed by atoms with van der Waals surface area (Å²) in [6.45, 7) is 0.